The molecule has 1 aliphatic heterocycles. The highest BCUT2D eigenvalue weighted by atomic mass is 32.1. The molecule has 8 nitrogen and oxygen atoms in total. The number of ether oxygens (including phenoxy) is 1. The van der Waals surface area contributed by atoms with Crippen molar-refractivity contribution in [2.75, 3.05) is 6.61 Å². The average Bonchev–Trinajstić information content (AvgIpc) is 3.09. The molecule has 0 spiro atoms. The molecule has 1 aliphatic rings. The first-order valence-electron chi connectivity index (χ1n) is 9.99. The Bertz CT molecular complexity index is 1450. The number of rotatable bonds is 5. The number of thiazole rings is 1. The third-order valence-corrected chi connectivity index (χ3v) is 6.09. The number of halogens is 1. The number of carbonyl (C=O) groups is 1. The summed E-state index contributed by atoms with van der Waals surface area (Å²) in [5, 5.41) is 11.1. The van der Waals surface area contributed by atoms with Gasteiger partial charge in [-0.1, -0.05) is 23.5 Å². The second-order valence-corrected chi connectivity index (χ2v) is 8.21. The number of nitro groups is 1. The molecule has 168 valence electrons. The number of allylic oxidation sites excluding steroid dienone is 1. The molecule has 0 bridgehead atoms. The molecule has 33 heavy (non-hydrogen) atoms. The average molecular weight is 467 g/mol. The van der Waals surface area contributed by atoms with Gasteiger partial charge in [-0.2, -0.15) is 0 Å². The molecule has 2 aromatic carbocycles. The van der Waals surface area contributed by atoms with E-state index in [0.29, 0.717) is 26.2 Å². The van der Waals surface area contributed by atoms with Crippen molar-refractivity contribution in [3.8, 4) is 0 Å². The summed E-state index contributed by atoms with van der Waals surface area (Å²) in [5.74, 6) is -1.00. The lowest BCUT2D eigenvalue weighted by atomic mass is 9.95. The topological polar surface area (TPSA) is 104 Å². The van der Waals surface area contributed by atoms with Gasteiger partial charge in [0.2, 0.25) is 0 Å². The first kappa shape index (κ1) is 22.3. The van der Waals surface area contributed by atoms with Crippen LogP contribution in [0.3, 0.4) is 0 Å². The minimum absolute atomic E-state index is 0.110. The Morgan fingerprint density at radius 2 is 1.91 bits per heavy atom. The van der Waals surface area contributed by atoms with Crippen LogP contribution in [0.1, 0.15) is 31.0 Å². The fourth-order valence-corrected chi connectivity index (χ4v) is 4.64. The molecule has 3 aromatic rings. The van der Waals surface area contributed by atoms with Crippen molar-refractivity contribution in [1.82, 2.24) is 4.57 Å². The van der Waals surface area contributed by atoms with Gasteiger partial charge >= 0.3 is 5.97 Å². The van der Waals surface area contributed by atoms with Gasteiger partial charge in [0.05, 0.1) is 33.4 Å². The van der Waals surface area contributed by atoms with Crippen LogP contribution in [0.15, 0.2) is 69.6 Å². The molecule has 1 atom stereocenters. The van der Waals surface area contributed by atoms with Crippen LogP contribution in [0.25, 0.3) is 6.08 Å². The number of non-ortho nitro benzene ring substituents is 1. The van der Waals surface area contributed by atoms with E-state index in [4.69, 9.17) is 4.74 Å². The highest BCUT2D eigenvalue weighted by molar-refractivity contribution is 7.07. The fourth-order valence-electron chi connectivity index (χ4n) is 3.60. The zero-order chi connectivity index (χ0) is 23.7. The second kappa shape index (κ2) is 8.91. The molecule has 1 unspecified atom stereocenters. The van der Waals surface area contributed by atoms with Gasteiger partial charge in [0.25, 0.3) is 11.2 Å². The molecule has 4 rings (SSSR count). The van der Waals surface area contributed by atoms with Crippen LogP contribution in [-0.2, 0) is 9.53 Å². The van der Waals surface area contributed by atoms with E-state index in [0.717, 1.165) is 11.3 Å². The number of aromatic nitrogens is 1. The Morgan fingerprint density at radius 1 is 1.24 bits per heavy atom. The molecular formula is C23H18FN3O5S. The molecule has 0 fully saturated rings. The van der Waals surface area contributed by atoms with Crippen LogP contribution in [0.2, 0.25) is 0 Å². The molecule has 0 radical (unpaired) electrons. The predicted molar refractivity (Wildman–Crippen MR) is 120 cm³/mol. The number of carbonyl (C=O) groups excluding carboxylic acids is 1. The van der Waals surface area contributed by atoms with Gasteiger partial charge in [0.1, 0.15) is 5.82 Å². The standard InChI is InChI=1S/C23H18FN3O5S/c1-3-32-22(29)19-13(2)25-23-26(20(19)15-6-10-17(11-7-15)27(30)31)21(28)18(33-23)12-14-4-8-16(24)9-5-14/h4-12,20H,3H2,1-2H3. The minimum atomic E-state index is -0.864. The zero-order valence-electron chi connectivity index (χ0n) is 17.6. The van der Waals surface area contributed by atoms with Crippen molar-refractivity contribution in [3.63, 3.8) is 0 Å². The summed E-state index contributed by atoms with van der Waals surface area (Å²) in [5.41, 5.74) is 1.22. The third-order valence-electron chi connectivity index (χ3n) is 5.10. The lowest BCUT2D eigenvalue weighted by molar-refractivity contribution is -0.384. The highest BCUT2D eigenvalue weighted by Crippen LogP contribution is 2.31. The van der Waals surface area contributed by atoms with Crippen molar-refractivity contribution in [3.05, 3.63) is 107 Å². The molecule has 0 amide bonds. The van der Waals surface area contributed by atoms with Crippen molar-refractivity contribution < 1.29 is 18.8 Å². The first-order chi connectivity index (χ1) is 15.8. The van der Waals surface area contributed by atoms with E-state index >= 15 is 0 Å². The Balaban J connectivity index is 1.93. The van der Waals surface area contributed by atoms with Crippen molar-refractivity contribution in [2.45, 2.75) is 19.9 Å². The molecule has 0 N–H and O–H groups in total. The van der Waals surface area contributed by atoms with E-state index in [1.165, 1.54) is 41.0 Å². The van der Waals surface area contributed by atoms with Crippen LogP contribution in [0.4, 0.5) is 10.1 Å². The van der Waals surface area contributed by atoms with Gasteiger partial charge < -0.3 is 4.74 Å². The van der Waals surface area contributed by atoms with Gasteiger partial charge in [-0.15, -0.1) is 0 Å². The van der Waals surface area contributed by atoms with Crippen molar-refractivity contribution in [2.24, 2.45) is 4.99 Å². The normalized spacial score (nSPS) is 15.7. The molecule has 0 aliphatic carbocycles. The molecule has 0 saturated carbocycles. The maximum Gasteiger partial charge on any atom is 0.338 e. The van der Waals surface area contributed by atoms with E-state index in [9.17, 15) is 24.1 Å². The largest absolute Gasteiger partial charge is 0.463 e. The van der Waals surface area contributed by atoms with Crippen molar-refractivity contribution in [1.29, 1.82) is 0 Å². The number of hydrogen-bond acceptors (Lipinski definition) is 7. The summed E-state index contributed by atoms with van der Waals surface area (Å²) in [7, 11) is 0. The van der Waals surface area contributed by atoms with Crippen molar-refractivity contribution >= 4 is 29.1 Å². The first-order valence-corrected chi connectivity index (χ1v) is 10.8. The summed E-state index contributed by atoms with van der Waals surface area (Å²) in [6.45, 7) is 3.46. The summed E-state index contributed by atoms with van der Waals surface area (Å²) in [4.78, 5) is 41.6. The SMILES string of the molecule is CCOC(=O)C1=C(C)N=c2sc(=Cc3ccc(F)cc3)c(=O)n2C1c1ccc([N+](=O)[O-])cc1. The van der Waals surface area contributed by atoms with Gasteiger partial charge in [-0.3, -0.25) is 19.5 Å². The van der Waals surface area contributed by atoms with Gasteiger partial charge in [-0.05, 0) is 55.3 Å². The zero-order valence-corrected chi connectivity index (χ0v) is 18.5. The van der Waals surface area contributed by atoms with Gasteiger partial charge in [0.15, 0.2) is 4.80 Å². The number of esters is 1. The summed E-state index contributed by atoms with van der Waals surface area (Å²) in [6, 6.07) is 10.5. The van der Waals surface area contributed by atoms with Crippen LogP contribution < -0.4 is 14.9 Å². The molecule has 10 heteroatoms. The maximum absolute atomic E-state index is 13.4. The van der Waals surface area contributed by atoms with E-state index in [-0.39, 0.29) is 29.2 Å². The number of benzene rings is 2. The van der Waals surface area contributed by atoms with Gasteiger partial charge in [0, 0.05) is 12.1 Å². The van der Waals surface area contributed by atoms with Crippen LogP contribution >= 0.6 is 11.3 Å². The van der Waals surface area contributed by atoms with Crippen LogP contribution in [-0.4, -0.2) is 22.1 Å². The van der Waals surface area contributed by atoms with E-state index < -0.39 is 16.9 Å². The smallest absolute Gasteiger partial charge is 0.338 e. The Morgan fingerprint density at radius 3 is 2.52 bits per heavy atom. The molecule has 1 aromatic heterocycles. The Kier molecular flexibility index (Phi) is 6.01. The molecule has 2 heterocycles. The van der Waals surface area contributed by atoms with E-state index in [2.05, 4.69) is 4.99 Å². The highest BCUT2D eigenvalue weighted by Gasteiger charge is 2.33. The quantitative estimate of drug-likeness (QED) is 0.326. The van der Waals surface area contributed by atoms with Gasteiger partial charge in [-0.25, -0.2) is 14.2 Å². The molecule has 0 saturated heterocycles. The van der Waals surface area contributed by atoms with Crippen LogP contribution in [0, 0.1) is 15.9 Å². The van der Waals surface area contributed by atoms with E-state index in [1.54, 1.807) is 32.1 Å². The summed E-state index contributed by atoms with van der Waals surface area (Å²) in [6.07, 6.45) is 1.62. The summed E-state index contributed by atoms with van der Waals surface area (Å²) >= 11 is 1.14. The Labute approximate surface area is 190 Å². The van der Waals surface area contributed by atoms with E-state index in [1.807, 2.05) is 0 Å². The number of nitro benzene ring substituents is 1. The predicted octanol–water partition coefficient (Wildman–Crippen LogP) is 2.85. The second-order valence-electron chi connectivity index (χ2n) is 7.20. The monoisotopic (exact) mass is 467 g/mol. The Hall–Kier alpha value is -3.92. The molecular weight excluding hydrogens is 449 g/mol. The number of nitrogens with zero attached hydrogens (tertiary/aromatic N) is 3. The van der Waals surface area contributed by atoms with Crippen LogP contribution in [0.5, 0.6) is 0 Å². The summed E-state index contributed by atoms with van der Waals surface area (Å²) < 4.78 is 20.2. The minimum Gasteiger partial charge on any atom is -0.463 e. The lowest BCUT2D eigenvalue weighted by Crippen LogP contribution is -2.39. The number of fused-ring (bicyclic) bond motifs is 1. The third kappa shape index (κ3) is 4.24. The lowest BCUT2D eigenvalue weighted by Gasteiger charge is -2.24. The number of hydrogen-bond donors (Lipinski definition) is 0. The maximum atomic E-state index is 13.4. The fraction of sp³-hybridized carbons (Fsp3) is 0.174.